The van der Waals surface area contributed by atoms with E-state index in [9.17, 15) is 0 Å². The molecule has 5 heteroatoms. The minimum atomic E-state index is 0.350. The average Bonchev–Trinajstić information content (AvgIpc) is 2.72. The van der Waals surface area contributed by atoms with Crippen LogP contribution >= 0.6 is 11.6 Å². The molecule has 2 aliphatic heterocycles. The first-order chi connectivity index (χ1) is 8.22. The number of aliphatic imine (C=N–C) groups is 1. The summed E-state index contributed by atoms with van der Waals surface area (Å²) in [5.41, 5.74) is 7.07. The van der Waals surface area contributed by atoms with Crippen LogP contribution in [0.3, 0.4) is 0 Å². The third-order valence-corrected chi connectivity index (χ3v) is 3.62. The minimum absolute atomic E-state index is 0.350. The summed E-state index contributed by atoms with van der Waals surface area (Å²) in [4.78, 5) is 11.1. The van der Waals surface area contributed by atoms with Gasteiger partial charge in [-0.15, -0.1) is 0 Å². The van der Waals surface area contributed by atoms with E-state index >= 15 is 0 Å². The van der Waals surface area contributed by atoms with E-state index in [0.29, 0.717) is 11.2 Å². The number of hydrogen-bond donors (Lipinski definition) is 1. The zero-order valence-electron chi connectivity index (χ0n) is 9.56. The van der Waals surface area contributed by atoms with E-state index in [1.54, 1.807) is 0 Å². The second-order valence-electron chi connectivity index (χ2n) is 4.65. The molecule has 3 heterocycles. The van der Waals surface area contributed by atoms with Crippen molar-refractivity contribution in [1.82, 2.24) is 9.88 Å². The maximum absolute atomic E-state index is 5.90. The molecule has 4 nitrogen and oxygen atoms in total. The zero-order valence-corrected chi connectivity index (χ0v) is 10.3. The number of nitrogens with zero attached hydrogens (tertiary/aromatic N) is 3. The van der Waals surface area contributed by atoms with Gasteiger partial charge in [0, 0.05) is 31.1 Å². The predicted octanol–water partition coefficient (Wildman–Crippen LogP) is 1.74. The van der Waals surface area contributed by atoms with Crippen LogP contribution in [0.15, 0.2) is 17.1 Å². The van der Waals surface area contributed by atoms with Crippen LogP contribution in [0.2, 0.25) is 5.15 Å². The molecule has 3 rings (SSSR count). The molecule has 0 unspecified atom stereocenters. The van der Waals surface area contributed by atoms with Crippen LogP contribution in [0.1, 0.15) is 18.4 Å². The number of nitrogens with two attached hydrogens (primary N) is 1. The third-order valence-electron chi connectivity index (χ3n) is 3.41. The summed E-state index contributed by atoms with van der Waals surface area (Å²) in [5, 5.41) is 0.509. The predicted molar refractivity (Wildman–Crippen MR) is 68.8 cm³/mol. The van der Waals surface area contributed by atoms with Gasteiger partial charge in [0.05, 0.1) is 0 Å². The second-order valence-corrected chi connectivity index (χ2v) is 5.03. The molecule has 0 amide bonds. The molecular formula is C12H15ClN4. The monoisotopic (exact) mass is 250 g/mol. The fraction of sp³-hybridized carbons (Fsp3) is 0.500. The molecule has 2 N–H and O–H groups in total. The lowest BCUT2D eigenvalue weighted by molar-refractivity contribution is 0.311. The first kappa shape index (κ1) is 11.0. The van der Waals surface area contributed by atoms with Gasteiger partial charge in [0.15, 0.2) is 5.82 Å². The number of rotatable bonds is 0. The Kier molecular flexibility index (Phi) is 2.76. The number of halogens is 1. The molecule has 1 saturated heterocycles. The normalized spacial score (nSPS) is 20.4. The van der Waals surface area contributed by atoms with E-state index in [4.69, 9.17) is 17.3 Å². The molecule has 0 saturated carbocycles. The maximum Gasteiger partial charge on any atom is 0.159 e. The first-order valence-electron chi connectivity index (χ1n) is 5.96. The van der Waals surface area contributed by atoms with Crippen LogP contribution in [-0.2, 0) is 6.42 Å². The van der Waals surface area contributed by atoms with E-state index in [2.05, 4.69) is 14.9 Å². The Balaban J connectivity index is 1.78. The molecule has 1 aromatic heterocycles. The van der Waals surface area contributed by atoms with Gasteiger partial charge in [0.1, 0.15) is 11.0 Å². The van der Waals surface area contributed by atoms with Gasteiger partial charge in [-0.2, -0.15) is 0 Å². The summed E-state index contributed by atoms with van der Waals surface area (Å²) < 4.78 is 0. The number of likely N-dealkylation sites (tertiary alicyclic amines) is 1. The quantitative estimate of drug-likeness (QED) is 0.714. The van der Waals surface area contributed by atoms with Gasteiger partial charge in [0.25, 0.3) is 0 Å². The Labute approximate surface area is 105 Å². The number of fused-ring (bicyclic) bond motifs is 1. The SMILES string of the molecule is NC1CCN(C2=Nc3nc(Cl)ccc3C2)CC1. The van der Waals surface area contributed by atoms with Gasteiger partial charge in [-0.1, -0.05) is 17.7 Å². The fourth-order valence-electron chi connectivity index (χ4n) is 2.36. The first-order valence-corrected chi connectivity index (χ1v) is 6.34. The van der Waals surface area contributed by atoms with Gasteiger partial charge in [0.2, 0.25) is 0 Å². The summed E-state index contributed by atoms with van der Waals surface area (Å²) in [7, 11) is 0. The molecule has 0 bridgehead atoms. The highest BCUT2D eigenvalue weighted by Crippen LogP contribution is 2.27. The van der Waals surface area contributed by atoms with Crippen LogP contribution in [-0.4, -0.2) is 34.9 Å². The number of hydrogen-bond acceptors (Lipinski definition) is 4. The van der Waals surface area contributed by atoms with Gasteiger partial charge in [-0.05, 0) is 18.9 Å². The van der Waals surface area contributed by atoms with Crippen molar-refractivity contribution >= 4 is 23.3 Å². The number of piperidine rings is 1. The van der Waals surface area contributed by atoms with Crippen LogP contribution in [0.25, 0.3) is 0 Å². The standard InChI is InChI=1S/C12H15ClN4/c13-10-2-1-8-7-11(16-12(8)15-10)17-5-3-9(14)4-6-17/h1-2,9H,3-7,14H2. The van der Waals surface area contributed by atoms with Crippen molar-refractivity contribution in [3.63, 3.8) is 0 Å². The number of pyridine rings is 1. The lowest BCUT2D eigenvalue weighted by Gasteiger charge is -2.31. The van der Waals surface area contributed by atoms with Crippen LogP contribution in [0.5, 0.6) is 0 Å². The molecular weight excluding hydrogens is 236 g/mol. The molecule has 0 radical (unpaired) electrons. The molecule has 2 aliphatic rings. The molecule has 0 aromatic carbocycles. The van der Waals surface area contributed by atoms with E-state index in [0.717, 1.165) is 44.0 Å². The van der Waals surface area contributed by atoms with E-state index < -0.39 is 0 Å². The summed E-state index contributed by atoms with van der Waals surface area (Å²) in [6.07, 6.45) is 2.96. The van der Waals surface area contributed by atoms with Crippen molar-refractivity contribution in [3.05, 3.63) is 22.8 Å². The van der Waals surface area contributed by atoms with E-state index in [1.165, 1.54) is 5.56 Å². The molecule has 0 aliphatic carbocycles. The lowest BCUT2D eigenvalue weighted by atomic mass is 10.1. The summed E-state index contributed by atoms with van der Waals surface area (Å²) in [5.74, 6) is 1.89. The highest BCUT2D eigenvalue weighted by molar-refractivity contribution is 6.29. The Morgan fingerprint density at radius 2 is 2.06 bits per heavy atom. The second kappa shape index (κ2) is 4.27. The smallest absolute Gasteiger partial charge is 0.159 e. The molecule has 90 valence electrons. The minimum Gasteiger partial charge on any atom is -0.360 e. The van der Waals surface area contributed by atoms with Gasteiger partial charge in [-0.3, -0.25) is 0 Å². The van der Waals surface area contributed by atoms with Crippen molar-refractivity contribution in [3.8, 4) is 0 Å². The molecule has 1 fully saturated rings. The van der Waals surface area contributed by atoms with Gasteiger partial charge >= 0.3 is 0 Å². The lowest BCUT2D eigenvalue weighted by Crippen LogP contribution is -2.42. The molecule has 0 atom stereocenters. The Morgan fingerprint density at radius 3 is 2.82 bits per heavy atom. The van der Waals surface area contributed by atoms with E-state index in [1.807, 2.05) is 12.1 Å². The van der Waals surface area contributed by atoms with Crippen molar-refractivity contribution in [1.29, 1.82) is 0 Å². The van der Waals surface area contributed by atoms with Crippen LogP contribution in [0.4, 0.5) is 5.82 Å². The largest absolute Gasteiger partial charge is 0.360 e. The Bertz CT molecular complexity index is 464. The maximum atomic E-state index is 5.90. The highest BCUT2D eigenvalue weighted by atomic mass is 35.5. The number of amidine groups is 1. The summed E-state index contributed by atoms with van der Waals surface area (Å²) in [6, 6.07) is 4.19. The van der Waals surface area contributed by atoms with Crippen molar-refractivity contribution in [2.24, 2.45) is 10.7 Å². The summed E-state index contributed by atoms with van der Waals surface area (Å²) in [6.45, 7) is 2.00. The van der Waals surface area contributed by atoms with Crippen LogP contribution in [0, 0.1) is 0 Å². The Hall–Kier alpha value is -1.13. The fourth-order valence-corrected chi connectivity index (χ4v) is 2.50. The van der Waals surface area contributed by atoms with Crippen molar-refractivity contribution < 1.29 is 0 Å². The average molecular weight is 251 g/mol. The van der Waals surface area contributed by atoms with Gasteiger partial charge in [-0.25, -0.2) is 9.98 Å². The molecule has 1 aromatic rings. The third kappa shape index (κ3) is 2.15. The Morgan fingerprint density at radius 1 is 1.29 bits per heavy atom. The topological polar surface area (TPSA) is 54.5 Å². The van der Waals surface area contributed by atoms with E-state index in [-0.39, 0.29) is 0 Å². The van der Waals surface area contributed by atoms with Crippen molar-refractivity contribution in [2.45, 2.75) is 25.3 Å². The number of aromatic nitrogens is 1. The highest BCUT2D eigenvalue weighted by Gasteiger charge is 2.24. The summed E-state index contributed by atoms with van der Waals surface area (Å²) >= 11 is 5.87. The molecule has 17 heavy (non-hydrogen) atoms. The van der Waals surface area contributed by atoms with Gasteiger partial charge < -0.3 is 10.6 Å². The molecule has 0 spiro atoms. The zero-order chi connectivity index (χ0) is 11.8. The van der Waals surface area contributed by atoms with Crippen molar-refractivity contribution in [2.75, 3.05) is 13.1 Å². The van der Waals surface area contributed by atoms with Crippen LogP contribution < -0.4 is 5.73 Å².